The monoisotopic (exact) mass is 357 g/mol. The van der Waals surface area contributed by atoms with Crippen LogP contribution in [0.4, 0.5) is 0 Å². The predicted octanol–water partition coefficient (Wildman–Crippen LogP) is 1.56. The lowest BCUT2D eigenvalue weighted by atomic mass is 10.2. The van der Waals surface area contributed by atoms with Gasteiger partial charge in [0, 0.05) is 13.0 Å². The molecule has 2 aromatic rings. The number of rotatable bonds is 7. The lowest BCUT2D eigenvalue weighted by molar-refractivity contribution is -0.121. The van der Waals surface area contributed by atoms with Gasteiger partial charge in [-0.05, 0) is 51.0 Å². The number of aromatic nitrogens is 3. The van der Waals surface area contributed by atoms with Crippen LogP contribution >= 0.6 is 0 Å². The van der Waals surface area contributed by atoms with E-state index >= 15 is 0 Å². The third-order valence-electron chi connectivity index (χ3n) is 4.85. The van der Waals surface area contributed by atoms with Crippen molar-refractivity contribution in [1.29, 1.82) is 0 Å². The van der Waals surface area contributed by atoms with E-state index in [9.17, 15) is 9.59 Å². The molecule has 0 atom stereocenters. The Morgan fingerprint density at radius 3 is 2.65 bits per heavy atom. The number of aryl methyl sites for hydroxylation is 1. The van der Waals surface area contributed by atoms with Crippen molar-refractivity contribution in [3.8, 4) is 0 Å². The van der Waals surface area contributed by atoms with Crippen LogP contribution in [0.3, 0.4) is 0 Å². The van der Waals surface area contributed by atoms with E-state index < -0.39 is 0 Å². The van der Waals surface area contributed by atoms with E-state index in [1.54, 1.807) is 18.2 Å². The van der Waals surface area contributed by atoms with E-state index in [1.165, 1.54) is 43.5 Å². The number of likely N-dealkylation sites (tertiary alicyclic amines) is 1. The maximum absolute atomic E-state index is 12.3. The molecule has 26 heavy (non-hydrogen) atoms. The molecule has 1 amide bonds. The van der Waals surface area contributed by atoms with Crippen LogP contribution in [0.2, 0.25) is 0 Å². The molecule has 2 heterocycles. The van der Waals surface area contributed by atoms with Gasteiger partial charge in [0.25, 0.3) is 5.56 Å². The van der Waals surface area contributed by atoms with Crippen molar-refractivity contribution in [3.05, 3.63) is 34.6 Å². The zero-order chi connectivity index (χ0) is 18.2. The molecule has 7 nitrogen and oxygen atoms in total. The highest BCUT2D eigenvalue weighted by atomic mass is 16.2. The molecule has 1 aromatic heterocycles. The van der Waals surface area contributed by atoms with Gasteiger partial charge in [-0.1, -0.05) is 30.2 Å². The second-order valence-electron chi connectivity index (χ2n) is 6.84. The Morgan fingerprint density at radius 1 is 1.08 bits per heavy atom. The fourth-order valence-corrected chi connectivity index (χ4v) is 3.36. The topological polar surface area (TPSA) is 80.1 Å². The first-order chi connectivity index (χ1) is 12.7. The first-order valence-electron chi connectivity index (χ1n) is 9.55. The van der Waals surface area contributed by atoms with Gasteiger partial charge in [0.15, 0.2) is 0 Å². The number of carbonyl (C=O) groups excluding carboxylic acids is 1. The maximum Gasteiger partial charge on any atom is 0.277 e. The first-order valence-corrected chi connectivity index (χ1v) is 9.55. The summed E-state index contributed by atoms with van der Waals surface area (Å²) in [5, 5.41) is 11.4. The van der Waals surface area contributed by atoms with Gasteiger partial charge in [-0.15, -0.1) is 5.10 Å². The van der Waals surface area contributed by atoms with Gasteiger partial charge < -0.3 is 10.2 Å². The Hall–Kier alpha value is -2.28. The summed E-state index contributed by atoms with van der Waals surface area (Å²) in [5.74, 6) is -0.0530. The molecule has 7 heteroatoms. The minimum absolute atomic E-state index is 0.0530. The molecule has 1 N–H and O–H groups in total. The summed E-state index contributed by atoms with van der Waals surface area (Å²) in [5.41, 5.74) is 0.372. The van der Waals surface area contributed by atoms with Crippen molar-refractivity contribution in [3.63, 3.8) is 0 Å². The van der Waals surface area contributed by atoms with E-state index in [4.69, 9.17) is 0 Å². The number of fused-ring (bicyclic) bond motifs is 1. The van der Waals surface area contributed by atoms with Gasteiger partial charge >= 0.3 is 0 Å². The fraction of sp³-hybridized carbons (Fsp3) is 0.579. The van der Waals surface area contributed by atoms with E-state index in [0.29, 0.717) is 17.4 Å². The van der Waals surface area contributed by atoms with Gasteiger partial charge in [0.2, 0.25) is 5.91 Å². The number of nitrogens with one attached hydrogen (secondary N) is 1. The molecule has 0 radical (unpaired) electrons. The molecule has 1 saturated heterocycles. The largest absolute Gasteiger partial charge is 0.356 e. The van der Waals surface area contributed by atoms with E-state index in [-0.39, 0.29) is 24.4 Å². The molecule has 0 spiro atoms. The third kappa shape index (κ3) is 5.11. The molecular weight excluding hydrogens is 330 g/mol. The number of hydrogen-bond acceptors (Lipinski definition) is 5. The summed E-state index contributed by atoms with van der Waals surface area (Å²) >= 11 is 0. The Labute approximate surface area is 153 Å². The number of amides is 1. The molecule has 140 valence electrons. The molecule has 0 saturated carbocycles. The SMILES string of the molecule is O=C(CCn1nnc2ccccc2c1=O)NCCCN1CCCCCC1. The average Bonchev–Trinajstić information content (AvgIpc) is 2.94. The summed E-state index contributed by atoms with van der Waals surface area (Å²) in [6.45, 7) is 4.31. The summed E-state index contributed by atoms with van der Waals surface area (Å²) in [6.07, 6.45) is 6.44. The molecule has 1 aliphatic heterocycles. The van der Waals surface area contributed by atoms with Crippen LogP contribution in [0.5, 0.6) is 0 Å². The fourth-order valence-electron chi connectivity index (χ4n) is 3.36. The highest BCUT2D eigenvalue weighted by Crippen LogP contribution is 2.09. The van der Waals surface area contributed by atoms with Crippen LogP contribution in [0.25, 0.3) is 10.9 Å². The van der Waals surface area contributed by atoms with Crippen LogP contribution in [0.15, 0.2) is 29.1 Å². The highest BCUT2D eigenvalue weighted by Gasteiger charge is 2.09. The van der Waals surface area contributed by atoms with E-state index in [1.807, 2.05) is 6.07 Å². The zero-order valence-corrected chi connectivity index (χ0v) is 15.2. The molecular formula is C19H27N5O2. The molecule has 3 rings (SSSR count). The van der Waals surface area contributed by atoms with E-state index in [0.717, 1.165) is 13.0 Å². The molecule has 0 bridgehead atoms. The Bertz CT molecular complexity index is 781. The smallest absolute Gasteiger partial charge is 0.277 e. The summed E-state index contributed by atoms with van der Waals surface area (Å²) in [4.78, 5) is 26.8. The number of nitrogens with zero attached hydrogens (tertiary/aromatic N) is 4. The summed E-state index contributed by atoms with van der Waals surface area (Å²) in [6, 6.07) is 7.10. The van der Waals surface area contributed by atoms with Crippen molar-refractivity contribution >= 4 is 16.8 Å². The van der Waals surface area contributed by atoms with Gasteiger partial charge in [-0.25, -0.2) is 4.68 Å². The Balaban J connectivity index is 1.40. The Kier molecular flexibility index (Phi) is 6.71. The first kappa shape index (κ1) is 18.5. The molecule has 1 fully saturated rings. The number of carbonyl (C=O) groups is 1. The predicted molar refractivity (Wildman–Crippen MR) is 101 cm³/mol. The molecule has 1 aromatic carbocycles. The second-order valence-corrected chi connectivity index (χ2v) is 6.84. The van der Waals surface area contributed by atoms with Crippen molar-refractivity contribution in [2.45, 2.75) is 45.1 Å². The van der Waals surface area contributed by atoms with Gasteiger partial charge in [-0.3, -0.25) is 9.59 Å². The number of benzene rings is 1. The highest BCUT2D eigenvalue weighted by molar-refractivity contribution is 5.77. The van der Waals surface area contributed by atoms with Crippen molar-refractivity contribution in [2.75, 3.05) is 26.2 Å². The average molecular weight is 357 g/mol. The van der Waals surface area contributed by atoms with Crippen LogP contribution < -0.4 is 10.9 Å². The summed E-state index contributed by atoms with van der Waals surface area (Å²) < 4.78 is 1.26. The summed E-state index contributed by atoms with van der Waals surface area (Å²) in [7, 11) is 0. The van der Waals surface area contributed by atoms with Gasteiger partial charge in [-0.2, -0.15) is 0 Å². The van der Waals surface area contributed by atoms with Crippen molar-refractivity contribution in [2.24, 2.45) is 0 Å². The molecule has 0 unspecified atom stereocenters. The molecule has 1 aliphatic rings. The Morgan fingerprint density at radius 2 is 1.85 bits per heavy atom. The third-order valence-corrected chi connectivity index (χ3v) is 4.85. The second kappa shape index (κ2) is 9.43. The van der Waals surface area contributed by atoms with Crippen molar-refractivity contribution in [1.82, 2.24) is 25.2 Å². The quantitative estimate of drug-likeness (QED) is 0.761. The van der Waals surface area contributed by atoms with E-state index in [2.05, 4.69) is 20.5 Å². The maximum atomic E-state index is 12.3. The van der Waals surface area contributed by atoms with Crippen LogP contribution in [-0.2, 0) is 11.3 Å². The number of hydrogen-bond donors (Lipinski definition) is 1. The van der Waals surface area contributed by atoms with Crippen LogP contribution in [0, 0.1) is 0 Å². The minimum Gasteiger partial charge on any atom is -0.356 e. The lowest BCUT2D eigenvalue weighted by Gasteiger charge is -2.19. The normalized spacial score (nSPS) is 15.7. The van der Waals surface area contributed by atoms with Crippen molar-refractivity contribution < 1.29 is 4.79 Å². The zero-order valence-electron chi connectivity index (χ0n) is 15.2. The van der Waals surface area contributed by atoms with Gasteiger partial charge in [0.1, 0.15) is 5.52 Å². The van der Waals surface area contributed by atoms with Gasteiger partial charge in [0.05, 0.1) is 11.9 Å². The lowest BCUT2D eigenvalue weighted by Crippen LogP contribution is -2.32. The minimum atomic E-state index is -0.204. The van der Waals surface area contributed by atoms with Crippen LogP contribution in [0.1, 0.15) is 38.5 Å². The van der Waals surface area contributed by atoms with Crippen LogP contribution in [-0.4, -0.2) is 52.0 Å². The standard InChI is InChI=1S/C19H27N5O2/c25-18(20-11-7-14-23-12-5-1-2-6-13-23)10-15-24-19(26)16-8-3-4-9-17(16)21-22-24/h3-4,8-9H,1-2,5-7,10-15H2,(H,20,25). The molecule has 0 aliphatic carbocycles.